The van der Waals surface area contributed by atoms with E-state index in [2.05, 4.69) is 30.6 Å². The molecule has 0 spiro atoms. The summed E-state index contributed by atoms with van der Waals surface area (Å²) in [5.41, 5.74) is 4.07. The SMILES string of the molecule is C=C(C)C(=O)OCCCCCCCCOc1ccc(C(=O)Oc2ccc(-c3ccc(CCCCCCC)cn3)cc2)cc1. The van der Waals surface area contributed by atoms with Crippen LogP contribution in [0.25, 0.3) is 11.3 Å². The van der Waals surface area contributed by atoms with Crippen molar-refractivity contribution in [2.75, 3.05) is 13.2 Å². The maximum atomic E-state index is 12.6. The van der Waals surface area contributed by atoms with Gasteiger partial charge in [-0.1, -0.05) is 70.9 Å². The van der Waals surface area contributed by atoms with Gasteiger partial charge >= 0.3 is 11.9 Å². The van der Waals surface area contributed by atoms with Crippen molar-refractivity contribution in [2.45, 2.75) is 90.9 Å². The Hall–Kier alpha value is -3.93. The quantitative estimate of drug-likeness (QED) is 0.0569. The highest BCUT2D eigenvalue weighted by molar-refractivity contribution is 5.91. The van der Waals surface area contributed by atoms with Crippen LogP contribution in [0.1, 0.15) is 100 Å². The molecule has 0 saturated heterocycles. The fraction of sp³-hybridized carbons (Fsp3) is 0.432. The van der Waals surface area contributed by atoms with Crippen molar-refractivity contribution in [3.63, 3.8) is 0 Å². The predicted octanol–water partition coefficient (Wildman–Crippen LogP) is 9.32. The van der Waals surface area contributed by atoms with Gasteiger partial charge < -0.3 is 14.2 Å². The number of benzene rings is 2. The van der Waals surface area contributed by atoms with Crippen LogP contribution < -0.4 is 9.47 Å². The molecule has 0 unspecified atom stereocenters. The Labute approximate surface area is 257 Å². The Kier molecular flexibility index (Phi) is 15.1. The van der Waals surface area contributed by atoms with Crippen LogP contribution >= 0.6 is 0 Å². The number of hydrogen-bond donors (Lipinski definition) is 0. The van der Waals surface area contributed by atoms with Gasteiger partial charge in [0.1, 0.15) is 11.5 Å². The van der Waals surface area contributed by atoms with Gasteiger partial charge in [0.2, 0.25) is 0 Å². The molecule has 0 fully saturated rings. The van der Waals surface area contributed by atoms with Gasteiger partial charge in [-0.3, -0.25) is 4.98 Å². The number of rotatable bonds is 20. The summed E-state index contributed by atoms with van der Waals surface area (Å²) in [6.45, 7) is 8.55. The monoisotopic (exact) mass is 585 g/mol. The maximum absolute atomic E-state index is 12.6. The average molecular weight is 586 g/mol. The summed E-state index contributed by atoms with van der Waals surface area (Å²) in [7, 11) is 0. The minimum absolute atomic E-state index is 0.314. The number of pyridine rings is 1. The van der Waals surface area contributed by atoms with E-state index in [9.17, 15) is 9.59 Å². The summed E-state index contributed by atoms with van der Waals surface area (Å²) >= 11 is 0. The van der Waals surface area contributed by atoms with Crippen molar-refractivity contribution in [1.82, 2.24) is 4.98 Å². The molecule has 1 heterocycles. The largest absolute Gasteiger partial charge is 0.494 e. The summed E-state index contributed by atoms with van der Waals surface area (Å²) in [6.07, 6.45) is 15.6. The third kappa shape index (κ3) is 12.9. The molecule has 3 aromatic rings. The molecule has 0 amide bonds. The smallest absolute Gasteiger partial charge is 0.343 e. The van der Waals surface area contributed by atoms with E-state index >= 15 is 0 Å². The summed E-state index contributed by atoms with van der Waals surface area (Å²) in [4.78, 5) is 28.6. The summed E-state index contributed by atoms with van der Waals surface area (Å²) in [5.74, 6) is 0.501. The van der Waals surface area contributed by atoms with Crippen LogP contribution in [0.15, 0.2) is 79.0 Å². The Morgan fingerprint density at radius 2 is 1.35 bits per heavy atom. The third-order valence-electron chi connectivity index (χ3n) is 7.23. The minimum atomic E-state index is -0.407. The minimum Gasteiger partial charge on any atom is -0.494 e. The molecule has 0 radical (unpaired) electrons. The second-order valence-corrected chi connectivity index (χ2v) is 11.0. The lowest BCUT2D eigenvalue weighted by molar-refractivity contribution is -0.139. The summed E-state index contributed by atoms with van der Waals surface area (Å²) < 4.78 is 16.5. The number of aryl methyl sites for hydroxylation is 1. The zero-order chi connectivity index (χ0) is 30.7. The number of carbonyl (C=O) groups excluding carboxylic acids is 2. The van der Waals surface area contributed by atoms with E-state index in [0.29, 0.717) is 30.1 Å². The van der Waals surface area contributed by atoms with E-state index in [0.717, 1.165) is 62.0 Å². The van der Waals surface area contributed by atoms with Crippen LogP contribution in [0.3, 0.4) is 0 Å². The second kappa shape index (κ2) is 19.3. The molecule has 0 aliphatic rings. The first kappa shape index (κ1) is 33.6. The van der Waals surface area contributed by atoms with Crippen molar-refractivity contribution in [1.29, 1.82) is 0 Å². The molecule has 2 aromatic carbocycles. The van der Waals surface area contributed by atoms with E-state index in [1.165, 1.54) is 37.7 Å². The van der Waals surface area contributed by atoms with Crippen molar-refractivity contribution in [3.8, 4) is 22.8 Å². The molecule has 6 heteroatoms. The average Bonchev–Trinajstić information content (AvgIpc) is 3.02. The van der Waals surface area contributed by atoms with Gasteiger partial charge in [0.25, 0.3) is 0 Å². The summed E-state index contributed by atoms with van der Waals surface area (Å²) in [5, 5.41) is 0. The van der Waals surface area contributed by atoms with Crippen LogP contribution in [0.2, 0.25) is 0 Å². The van der Waals surface area contributed by atoms with Gasteiger partial charge in [0, 0.05) is 17.3 Å². The third-order valence-corrected chi connectivity index (χ3v) is 7.23. The van der Waals surface area contributed by atoms with E-state index in [1.54, 1.807) is 43.3 Å². The standard InChI is InChI=1S/C37H47NO5/c1-4-5-6-9-12-15-30-16-25-35(38-28-30)31-17-23-34(24-18-31)43-37(40)32-19-21-33(22-20-32)41-26-13-10-7-8-11-14-27-42-36(39)29(2)3/h16-25,28H,2,4-15,26-27H2,1,3H3. The molecule has 230 valence electrons. The lowest BCUT2D eigenvalue weighted by Crippen LogP contribution is -2.08. The molecule has 3 rings (SSSR count). The van der Waals surface area contributed by atoms with E-state index in [4.69, 9.17) is 14.2 Å². The predicted molar refractivity (Wildman–Crippen MR) is 173 cm³/mol. The number of nitrogens with zero attached hydrogens (tertiary/aromatic N) is 1. The Bertz CT molecular complexity index is 1250. The molecule has 0 aliphatic carbocycles. The molecule has 43 heavy (non-hydrogen) atoms. The van der Waals surface area contributed by atoms with Gasteiger partial charge in [-0.15, -0.1) is 0 Å². The fourth-order valence-electron chi connectivity index (χ4n) is 4.61. The zero-order valence-corrected chi connectivity index (χ0v) is 25.9. The number of ether oxygens (including phenoxy) is 3. The Balaban J connectivity index is 1.31. The van der Waals surface area contributed by atoms with Gasteiger partial charge in [-0.05, 0) is 92.8 Å². The van der Waals surface area contributed by atoms with E-state index in [1.807, 2.05) is 18.3 Å². The molecule has 0 aliphatic heterocycles. The van der Waals surface area contributed by atoms with E-state index in [-0.39, 0.29) is 5.97 Å². The van der Waals surface area contributed by atoms with Gasteiger partial charge in [0.05, 0.1) is 24.5 Å². The highest BCUT2D eigenvalue weighted by Gasteiger charge is 2.10. The maximum Gasteiger partial charge on any atom is 0.343 e. The van der Waals surface area contributed by atoms with Crippen molar-refractivity contribution >= 4 is 11.9 Å². The molecule has 6 nitrogen and oxygen atoms in total. The molecule has 1 aromatic heterocycles. The van der Waals surface area contributed by atoms with Crippen LogP contribution in [0, 0.1) is 0 Å². The number of carbonyl (C=O) groups is 2. The topological polar surface area (TPSA) is 74.7 Å². The van der Waals surface area contributed by atoms with Gasteiger partial charge in [-0.25, -0.2) is 9.59 Å². The molecule has 0 atom stereocenters. The van der Waals surface area contributed by atoms with Crippen molar-refractivity contribution in [2.24, 2.45) is 0 Å². The van der Waals surface area contributed by atoms with Crippen LogP contribution in [-0.4, -0.2) is 30.1 Å². The number of esters is 2. The Morgan fingerprint density at radius 3 is 2.00 bits per heavy atom. The first-order chi connectivity index (χ1) is 21.0. The Morgan fingerprint density at radius 1 is 0.721 bits per heavy atom. The van der Waals surface area contributed by atoms with Crippen LogP contribution in [-0.2, 0) is 16.0 Å². The lowest BCUT2D eigenvalue weighted by Gasteiger charge is -2.08. The zero-order valence-electron chi connectivity index (χ0n) is 25.9. The first-order valence-corrected chi connectivity index (χ1v) is 15.8. The highest BCUT2D eigenvalue weighted by atomic mass is 16.5. The molecule has 0 saturated carbocycles. The highest BCUT2D eigenvalue weighted by Crippen LogP contribution is 2.23. The normalized spacial score (nSPS) is 10.7. The number of aromatic nitrogens is 1. The molecular formula is C37H47NO5. The number of hydrogen-bond acceptors (Lipinski definition) is 6. The first-order valence-electron chi connectivity index (χ1n) is 15.8. The fourth-order valence-corrected chi connectivity index (χ4v) is 4.61. The second-order valence-electron chi connectivity index (χ2n) is 11.0. The van der Waals surface area contributed by atoms with Gasteiger partial charge in [-0.2, -0.15) is 0 Å². The van der Waals surface area contributed by atoms with E-state index < -0.39 is 5.97 Å². The van der Waals surface area contributed by atoms with Crippen molar-refractivity contribution in [3.05, 3.63) is 90.1 Å². The van der Waals surface area contributed by atoms with Crippen molar-refractivity contribution < 1.29 is 23.8 Å². The summed E-state index contributed by atoms with van der Waals surface area (Å²) in [6, 6.07) is 18.7. The van der Waals surface area contributed by atoms with Crippen LogP contribution in [0.4, 0.5) is 0 Å². The number of unbranched alkanes of at least 4 members (excludes halogenated alkanes) is 9. The van der Waals surface area contributed by atoms with Gasteiger partial charge in [0.15, 0.2) is 0 Å². The molecular weight excluding hydrogens is 538 g/mol. The lowest BCUT2D eigenvalue weighted by atomic mass is 10.1. The van der Waals surface area contributed by atoms with Crippen LogP contribution in [0.5, 0.6) is 11.5 Å². The molecule has 0 bridgehead atoms. The molecule has 0 N–H and O–H groups in total.